The highest BCUT2D eigenvalue weighted by atomic mass is 16.6. The highest BCUT2D eigenvalue weighted by molar-refractivity contribution is 5.97. The van der Waals surface area contributed by atoms with Crippen LogP contribution >= 0.6 is 0 Å². The molecule has 0 aliphatic carbocycles. The van der Waals surface area contributed by atoms with Crippen molar-refractivity contribution in [1.29, 1.82) is 0 Å². The van der Waals surface area contributed by atoms with Gasteiger partial charge in [0.05, 0.1) is 24.7 Å². The molecule has 10 heteroatoms. The summed E-state index contributed by atoms with van der Waals surface area (Å²) in [4.78, 5) is 45.6. The van der Waals surface area contributed by atoms with Crippen molar-refractivity contribution in [3.8, 4) is 5.75 Å². The fraction of sp³-hybridized carbons (Fsp3) is 0.167. The number of amides is 1. The average molecular weight is 388 g/mol. The average Bonchev–Trinajstić information content (AvgIpc) is 2.71. The molecule has 0 bridgehead atoms. The number of nitrogens with one attached hydrogen (secondary N) is 1. The van der Waals surface area contributed by atoms with Gasteiger partial charge in [-0.15, -0.1) is 0 Å². The molecule has 2 aromatic rings. The van der Waals surface area contributed by atoms with Crippen molar-refractivity contribution in [3.63, 3.8) is 0 Å². The van der Waals surface area contributed by atoms with Crippen molar-refractivity contribution in [2.24, 2.45) is 0 Å². The Hall–Kier alpha value is -3.95. The Labute approximate surface area is 159 Å². The lowest BCUT2D eigenvalue weighted by molar-refractivity contribution is -0.384. The monoisotopic (exact) mass is 388 g/mol. The largest absolute Gasteiger partial charge is 0.496 e. The normalized spacial score (nSPS) is 9.93. The van der Waals surface area contributed by atoms with Crippen molar-refractivity contribution in [2.45, 2.75) is 0 Å². The molecule has 0 aromatic heterocycles. The molecule has 0 unspecified atom stereocenters. The molecule has 0 fully saturated rings. The maximum absolute atomic E-state index is 12.2. The molecule has 1 amide bonds. The molecule has 0 saturated heterocycles. The molecule has 0 atom stereocenters. The first kappa shape index (κ1) is 20.4. The smallest absolute Gasteiger partial charge is 0.342 e. The quantitative estimate of drug-likeness (QED) is 0.433. The maximum Gasteiger partial charge on any atom is 0.342 e. The number of non-ortho nitro benzene ring substituents is 1. The van der Waals surface area contributed by atoms with E-state index in [0.717, 1.165) is 6.07 Å². The molecule has 0 saturated carbocycles. The van der Waals surface area contributed by atoms with Crippen LogP contribution in [0.5, 0.6) is 5.75 Å². The van der Waals surface area contributed by atoms with E-state index in [0.29, 0.717) is 11.3 Å². The Morgan fingerprint density at radius 2 is 1.71 bits per heavy atom. The highest BCUT2D eigenvalue weighted by Gasteiger charge is 2.19. The number of hydrogen-bond donors (Lipinski definition) is 1. The topological polar surface area (TPSA) is 134 Å². The summed E-state index contributed by atoms with van der Waals surface area (Å²) >= 11 is 0. The molecule has 1 N–H and O–H groups in total. The van der Waals surface area contributed by atoms with E-state index >= 15 is 0 Å². The minimum Gasteiger partial charge on any atom is -0.496 e. The lowest BCUT2D eigenvalue weighted by atomic mass is 10.2. The Morgan fingerprint density at radius 1 is 1.04 bits per heavy atom. The molecule has 0 aliphatic rings. The SMILES string of the molecule is COC(=O)c1ccc(NC(=O)COC(=O)c2cc([N+](=O)[O-])ccc2OC)cc1. The number of hydrogen-bond acceptors (Lipinski definition) is 8. The Bertz CT molecular complexity index is 908. The number of anilines is 1. The van der Waals surface area contributed by atoms with Crippen molar-refractivity contribution in [2.75, 3.05) is 26.1 Å². The molecular weight excluding hydrogens is 372 g/mol. The third-order valence-electron chi connectivity index (χ3n) is 3.54. The van der Waals surface area contributed by atoms with E-state index in [9.17, 15) is 24.5 Å². The van der Waals surface area contributed by atoms with Gasteiger partial charge in [-0.1, -0.05) is 0 Å². The van der Waals surface area contributed by atoms with Gasteiger partial charge in [-0.2, -0.15) is 0 Å². The molecule has 0 spiro atoms. The molecule has 0 radical (unpaired) electrons. The van der Waals surface area contributed by atoms with Crippen LogP contribution in [0, 0.1) is 10.1 Å². The Morgan fingerprint density at radius 3 is 2.29 bits per heavy atom. The number of benzene rings is 2. The van der Waals surface area contributed by atoms with E-state index in [2.05, 4.69) is 10.1 Å². The number of nitro benzene ring substituents is 1. The van der Waals surface area contributed by atoms with Crippen molar-refractivity contribution in [3.05, 3.63) is 63.7 Å². The predicted octanol–water partition coefficient (Wildman–Crippen LogP) is 2.19. The van der Waals surface area contributed by atoms with E-state index in [-0.39, 0.29) is 17.0 Å². The lowest BCUT2D eigenvalue weighted by Gasteiger charge is -2.09. The summed E-state index contributed by atoms with van der Waals surface area (Å²) < 4.78 is 14.4. The van der Waals surface area contributed by atoms with Crippen molar-refractivity contribution < 1.29 is 33.5 Å². The molecule has 2 rings (SSSR count). The fourth-order valence-electron chi connectivity index (χ4n) is 2.18. The van der Waals surface area contributed by atoms with Gasteiger partial charge in [-0.25, -0.2) is 9.59 Å². The van der Waals surface area contributed by atoms with Gasteiger partial charge < -0.3 is 19.5 Å². The first-order valence-electron chi connectivity index (χ1n) is 7.83. The first-order chi connectivity index (χ1) is 13.3. The summed E-state index contributed by atoms with van der Waals surface area (Å²) in [5, 5.41) is 13.3. The summed E-state index contributed by atoms with van der Waals surface area (Å²) in [5.41, 5.74) is 0.196. The predicted molar refractivity (Wildman–Crippen MR) is 96.3 cm³/mol. The van der Waals surface area contributed by atoms with Gasteiger partial charge in [0, 0.05) is 17.8 Å². The summed E-state index contributed by atoms with van der Waals surface area (Å²) in [5.74, 6) is -2.02. The molecule has 2 aromatic carbocycles. The van der Waals surface area contributed by atoms with Crippen LogP contribution in [0.15, 0.2) is 42.5 Å². The van der Waals surface area contributed by atoms with Crippen LogP contribution in [0.3, 0.4) is 0 Å². The minimum atomic E-state index is -0.947. The van der Waals surface area contributed by atoms with Crippen LogP contribution in [0.25, 0.3) is 0 Å². The zero-order valence-electron chi connectivity index (χ0n) is 15.0. The molecule has 0 aliphatic heterocycles. The third-order valence-corrected chi connectivity index (χ3v) is 3.54. The number of esters is 2. The molecule has 0 heterocycles. The van der Waals surface area contributed by atoms with Crippen LogP contribution in [-0.4, -0.2) is 43.6 Å². The molecule has 28 heavy (non-hydrogen) atoms. The summed E-state index contributed by atoms with van der Waals surface area (Å²) in [6, 6.07) is 9.33. The number of nitrogens with zero attached hydrogens (tertiary/aromatic N) is 1. The highest BCUT2D eigenvalue weighted by Crippen LogP contribution is 2.24. The number of carbonyl (C=O) groups is 3. The number of nitro groups is 1. The van der Waals surface area contributed by atoms with E-state index in [1.54, 1.807) is 0 Å². The number of ether oxygens (including phenoxy) is 3. The van der Waals surface area contributed by atoms with Gasteiger partial charge in [0.2, 0.25) is 0 Å². The van der Waals surface area contributed by atoms with E-state index < -0.39 is 29.4 Å². The number of methoxy groups -OCH3 is 2. The standard InChI is InChI=1S/C18H16N2O8/c1-26-15-8-7-13(20(24)25)9-14(15)18(23)28-10-16(21)19-12-5-3-11(4-6-12)17(22)27-2/h3-9H,10H2,1-2H3,(H,19,21). The number of rotatable bonds is 7. The zero-order valence-corrected chi connectivity index (χ0v) is 15.0. The van der Waals surface area contributed by atoms with E-state index in [1.807, 2.05) is 0 Å². The Kier molecular flexibility index (Phi) is 6.63. The summed E-state index contributed by atoms with van der Waals surface area (Å²) in [6.45, 7) is -0.622. The van der Waals surface area contributed by atoms with E-state index in [4.69, 9.17) is 9.47 Å². The maximum atomic E-state index is 12.2. The van der Waals surface area contributed by atoms with Gasteiger partial charge in [0.15, 0.2) is 6.61 Å². The first-order valence-corrected chi connectivity index (χ1v) is 7.83. The summed E-state index contributed by atoms with van der Waals surface area (Å²) in [6.07, 6.45) is 0. The van der Waals surface area contributed by atoms with Crippen LogP contribution in [0.2, 0.25) is 0 Å². The Balaban J connectivity index is 1.99. The molecule has 146 valence electrons. The zero-order chi connectivity index (χ0) is 20.7. The van der Waals surface area contributed by atoms with Gasteiger partial charge in [-0.05, 0) is 30.3 Å². The van der Waals surface area contributed by atoms with Crippen LogP contribution < -0.4 is 10.1 Å². The second kappa shape index (κ2) is 9.12. The lowest BCUT2D eigenvalue weighted by Crippen LogP contribution is -2.21. The van der Waals surface area contributed by atoms with Crippen LogP contribution in [-0.2, 0) is 14.3 Å². The number of carbonyl (C=O) groups excluding carboxylic acids is 3. The van der Waals surface area contributed by atoms with Gasteiger partial charge in [0.25, 0.3) is 11.6 Å². The van der Waals surface area contributed by atoms with Gasteiger partial charge in [0.1, 0.15) is 11.3 Å². The van der Waals surface area contributed by atoms with Gasteiger partial charge >= 0.3 is 11.9 Å². The second-order valence-electron chi connectivity index (χ2n) is 5.33. The third kappa shape index (κ3) is 5.04. The van der Waals surface area contributed by atoms with Crippen LogP contribution in [0.4, 0.5) is 11.4 Å². The minimum absolute atomic E-state index is 0.0782. The fourth-order valence-corrected chi connectivity index (χ4v) is 2.18. The molecular formula is C18H16N2O8. The second-order valence-corrected chi connectivity index (χ2v) is 5.33. The van der Waals surface area contributed by atoms with Crippen molar-refractivity contribution >= 4 is 29.2 Å². The van der Waals surface area contributed by atoms with Crippen LogP contribution in [0.1, 0.15) is 20.7 Å². The van der Waals surface area contributed by atoms with E-state index in [1.165, 1.54) is 50.6 Å². The summed E-state index contributed by atoms with van der Waals surface area (Å²) in [7, 11) is 2.55. The van der Waals surface area contributed by atoms with Gasteiger partial charge in [-0.3, -0.25) is 14.9 Å². The molecule has 10 nitrogen and oxygen atoms in total. The van der Waals surface area contributed by atoms with Crippen molar-refractivity contribution in [1.82, 2.24) is 0 Å².